The van der Waals surface area contributed by atoms with Gasteiger partial charge in [0.1, 0.15) is 11.5 Å². The Kier molecular flexibility index (Phi) is 4.16. The van der Waals surface area contributed by atoms with Crippen molar-refractivity contribution in [2.45, 2.75) is 51.1 Å². The number of benzene rings is 2. The maximum atomic E-state index is 6.19. The molecule has 4 rings (SSSR count). The molecule has 0 amide bonds. The molecule has 0 saturated heterocycles. The molecule has 0 bridgehead atoms. The molecule has 1 aliphatic heterocycles. The first kappa shape index (κ1) is 16.4. The number of nitrogens with zero attached hydrogens (tertiary/aromatic N) is 1. The third-order valence-electron chi connectivity index (χ3n) is 5.19. The van der Waals surface area contributed by atoms with Crippen molar-refractivity contribution in [3.05, 3.63) is 77.6 Å². The summed E-state index contributed by atoms with van der Waals surface area (Å²) in [5.41, 5.74) is 3.06. The van der Waals surface area contributed by atoms with Gasteiger partial charge in [-0.25, -0.2) is 0 Å². The van der Waals surface area contributed by atoms with Gasteiger partial charge in [0.05, 0.1) is 12.6 Å². The zero-order valence-electron chi connectivity index (χ0n) is 15.4. The lowest BCUT2D eigenvalue weighted by Gasteiger charge is -2.37. The van der Waals surface area contributed by atoms with Crippen molar-refractivity contribution in [1.29, 1.82) is 0 Å². The Morgan fingerprint density at radius 2 is 1.52 bits per heavy atom. The first-order valence-corrected chi connectivity index (χ1v) is 9.31. The summed E-state index contributed by atoms with van der Waals surface area (Å²) in [6.07, 6.45) is 4.98. The summed E-state index contributed by atoms with van der Waals surface area (Å²) in [5.74, 6) is 2.72. The quantitative estimate of drug-likeness (QED) is 0.713. The van der Waals surface area contributed by atoms with Gasteiger partial charge in [-0.2, -0.15) is 0 Å². The molecule has 2 aromatic rings. The Hall–Kier alpha value is -2.06. The molecule has 1 fully saturated rings. The van der Waals surface area contributed by atoms with Crippen LogP contribution in [0, 0.1) is 0 Å². The molecule has 1 heterocycles. The third kappa shape index (κ3) is 3.50. The van der Waals surface area contributed by atoms with Gasteiger partial charge in [0.2, 0.25) is 0 Å². The lowest BCUT2D eigenvalue weighted by molar-refractivity contribution is 0.123. The number of hydrogen-bond acceptors (Lipinski definition) is 2. The van der Waals surface area contributed by atoms with Crippen LogP contribution in [0.3, 0.4) is 0 Å². The van der Waals surface area contributed by atoms with E-state index in [-0.39, 0.29) is 11.6 Å². The van der Waals surface area contributed by atoms with Crippen LogP contribution in [0.15, 0.2) is 66.4 Å². The van der Waals surface area contributed by atoms with Gasteiger partial charge in [0.15, 0.2) is 0 Å². The Bertz CT molecular complexity index is 768. The summed E-state index contributed by atoms with van der Waals surface area (Å²) in [4.78, 5) is 2.55. The van der Waals surface area contributed by atoms with Crippen molar-refractivity contribution in [3.63, 3.8) is 0 Å². The number of rotatable bonds is 4. The van der Waals surface area contributed by atoms with E-state index in [0.29, 0.717) is 0 Å². The topological polar surface area (TPSA) is 12.5 Å². The summed E-state index contributed by atoms with van der Waals surface area (Å²) in [7, 11) is 0. The molecule has 0 N–H and O–H groups in total. The Balaban J connectivity index is 1.67. The van der Waals surface area contributed by atoms with Crippen LogP contribution >= 0.6 is 0 Å². The molecule has 130 valence electrons. The molecule has 2 aliphatic rings. The van der Waals surface area contributed by atoms with Crippen LogP contribution in [-0.2, 0) is 0 Å². The number of ether oxygens (including phenoxy) is 1. The van der Waals surface area contributed by atoms with Gasteiger partial charge in [0, 0.05) is 5.54 Å². The van der Waals surface area contributed by atoms with Gasteiger partial charge in [-0.15, -0.1) is 0 Å². The second kappa shape index (κ2) is 6.34. The van der Waals surface area contributed by atoms with Crippen LogP contribution in [0.4, 0.5) is 0 Å². The van der Waals surface area contributed by atoms with E-state index in [9.17, 15) is 0 Å². The largest absolute Gasteiger partial charge is 0.461 e. The summed E-state index contributed by atoms with van der Waals surface area (Å²) >= 11 is 0. The highest BCUT2D eigenvalue weighted by atomic mass is 16.5. The van der Waals surface area contributed by atoms with Gasteiger partial charge in [-0.1, -0.05) is 42.5 Å². The third-order valence-corrected chi connectivity index (χ3v) is 5.19. The van der Waals surface area contributed by atoms with Gasteiger partial charge in [-0.3, -0.25) is 4.90 Å². The molecule has 0 aromatic heterocycles. The van der Waals surface area contributed by atoms with Crippen LogP contribution in [0.5, 0.6) is 5.75 Å². The first-order chi connectivity index (χ1) is 12.0. The molecule has 0 spiro atoms. The molecule has 1 aliphatic carbocycles. The van der Waals surface area contributed by atoms with E-state index in [1.54, 1.807) is 0 Å². The summed E-state index contributed by atoms with van der Waals surface area (Å²) in [6, 6.07) is 19.4. The molecular formula is C23H27NO. The minimum Gasteiger partial charge on any atom is -0.461 e. The number of hydrogen-bond donors (Lipinski definition) is 0. The van der Waals surface area contributed by atoms with E-state index < -0.39 is 0 Å². The van der Waals surface area contributed by atoms with E-state index >= 15 is 0 Å². The molecular weight excluding hydrogens is 306 g/mol. The second-order valence-electron chi connectivity index (χ2n) is 8.19. The van der Waals surface area contributed by atoms with Crippen LogP contribution in [0.1, 0.15) is 56.7 Å². The van der Waals surface area contributed by atoms with Crippen LogP contribution < -0.4 is 4.74 Å². The van der Waals surface area contributed by atoms with Crippen molar-refractivity contribution in [3.8, 4) is 5.75 Å². The van der Waals surface area contributed by atoms with Crippen molar-refractivity contribution < 1.29 is 4.74 Å². The lowest BCUT2D eigenvalue weighted by atomic mass is 9.94. The van der Waals surface area contributed by atoms with E-state index in [1.165, 1.54) is 24.0 Å². The fourth-order valence-corrected chi connectivity index (χ4v) is 3.75. The fourth-order valence-electron chi connectivity index (χ4n) is 3.75. The average Bonchev–Trinajstić information content (AvgIpc) is 3.35. The highest BCUT2D eigenvalue weighted by molar-refractivity contribution is 5.40. The van der Waals surface area contributed by atoms with Gasteiger partial charge < -0.3 is 4.74 Å². The maximum Gasteiger partial charge on any atom is 0.126 e. The predicted octanol–water partition coefficient (Wildman–Crippen LogP) is 5.68. The summed E-state index contributed by atoms with van der Waals surface area (Å²) in [6.45, 7) is 7.72. The Morgan fingerprint density at radius 3 is 2.16 bits per heavy atom. The second-order valence-corrected chi connectivity index (χ2v) is 8.19. The fraction of sp³-hybridized carbons (Fsp3) is 0.391. The van der Waals surface area contributed by atoms with Crippen LogP contribution in [-0.4, -0.2) is 17.0 Å². The van der Waals surface area contributed by atoms with Gasteiger partial charge in [-0.05, 0) is 68.9 Å². The molecule has 2 nitrogen and oxygen atoms in total. The van der Waals surface area contributed by atoms with E-state index in [2.05, 4.69) is 56.0 Å². The average molecular weight is 333 g/mol. The molecule has 0 radical (unpaired) electrons. The highest BCUT2D eigenvalue weighted by Crippen LogP contribution is 2.46. The van der Waals surface area contributed by atoms with Crippen molar-refractivity contribution in [1.82, 2.24) is 4.90 Å². The van der Waals surface area contributed by atoms with Crippen LogP contribution in [0.25, 0.3) is 0 Å². The zero-order chi connectivity index (χ0) is 17.4. The van der Waals surface area contributed by atoms with Gasteiger partial charge >= 0.3 is 0 Å². The van der Waals surface area contributed by atoms with Crippen molar-refractivity contribution >= 4 is 0 Å². The minimum atomic E-state index is 0.0830. The number of para-hydroxylation sites is 1. The summed E-state index contributed by atoms with van der Waals surface area (Å²) < 4.78 is 6.19. The normalized spacial score (nSPS) is 21.2. The molecule has 1 saturated carbocycles. The SMILES string of the molecule is CC(C)(C)N1CC(Oc2ccccc2)=CC1c1ccccc1C1CC1. The van der Waals surface area contributed by atoms with E-state index in [1.807, 2.05) is 30.3 Å². The van der Waals surface area contributed by atoms with Crippen molar-refractivity contribution in [2.75, 3.05) is 6.54 Å². The molecule has 2 aromatic carbocycles. The molecule has 2 heteroatoms. The Morgan fingerprint density at radius 1 is 0.880 bits per heavy atom. The monoisotopic (exact) mass is 333 g/mol. The van der Waals surface area contributed by atoms with Crippen LogP contribution in [0.2, 0.25) is 0 Å². The Labute approximate surface area is 151 Å². The van der Waals surface area contributed by atoms with E-state index in [4.69, 9.17) is 4.74 Å². The minimum absolute atomic E-state index is 0.0830. The molecule has 1 unspecified atom stereocenters. The van der Waals surface area contributed by atoms with Crippen molar-refractivity contribution in [2.24, 2.45) is 0 Å². The lowest BCUT2D eigenvalue weighted by Crippen LogP contribution is -2.42. The molecule has 1 atom stereocenters. The highest BCUT2D eigenvalue weighted by Gasteiger charge is 2.37. The molecule has 25 heavy (non-hydrogen) atoms. The predicted molar refractivity (Wildman–Crippen MR) is 103 cm³/mol. The van der Waals surface area contributed by atoms with E-state index in [0.717, 1.165) is 24.0 Å². The maximum absolute atomic E-state index is 6.19. The van der Waals surface area contributed by atoms with Gasteiger partial charge in [0.25, 0.3) is 0 Å². The summed E-state index contributed by atoms with van der Waals surface area (Å²) in [5, 5.41) is 0. The first-order valence-electron chi connectivity index (χ1n) is 9.31. The standard InChI is InChI=1S/C23H27NO/c1-23(2,3)24-16-19(25-18-9-5-4-6-10-18)15-22(24)21-12-8-7-11-20(21)17-13-14-17/h4-12,15,17,22H,13-14,16H2,1-3H3. The smallest absolute Gasteiger partial charge is 0.126 e. The zero-order valence-corrected chi connectivity index (χ0v) is 15.4.